The number of allylic oxidation sites excluding steroid dienone is 1. The number of hydroxylamine groups is 1. The number of likely N-dealkylation sites (N-methyl/N-ethyl adjacent to an activating group) is 1. The molecule has 3 heterocycles. The number of halogens is 2. The summed E-state index contributed by atoms with van der Waals surface area (Å²) >= 11 is 0. The minimum absolute atomic E-state index is 0.00829. The maximum absolute atomic E-state index is 15.3. The SMILES string of the molecule is CC1C=C(C(=O)O)N([O-])c2cnc3c(F)c(N4CCN(C)CC4)c(F)cc3c21. The van der Waals surface area contributed by atoms with Crippen LogP contribution in [0.2, 0.25) is 0 Å². The number of carbonyl (C=O) groups is 1. The van der Waals surface area contributed by atoms with Gasteiger partial charge in [-0.1, -0.05) is 6.92 Å². The minimum atomic E-state index is -1.37. The van der Waals surface area contributed by atoms with Gasteiger partial charge >= 0.3 is 5.97 Å². The van der Waals surface area contributed by atoms with Crippen molar-refractivity contribution in [1.29, 1.82) is 0 Å². The summed E-state index contributed by atoms with van der Waals surface area (Å²) in [6.07, 6.45) is 2.44. The zero-order valence-electron chi connectivity index (χ0n) is 15.4. The van der Waals surface area contributed by atoms with E-state index in [1.807, 2.05) is 7.05 Å². The van der Waals surface area contributed by atoms with Gasteiger partial charge in [-0.2, -0.15) is 0 Å². The first-order valence-electron chi connectivity index (χ1n) is 8.96. The van der Waals surface area contributed by atoms with Crippen molar-refractivity contribution in [2.75, 3.05) is 43.2 Å². The highest BCUT2D eigenvalue weighted by molar-refractivity contribution is 5.97. The zero-order valence-corrected chi connectivity index (χ0v) is 15.4. The molecule has 0 aliphatic carbocycles. The van der Waals surface area contributed by atoms with Gasteiger partial charge in [0.15, 0.2) is 5.82 Å². The fourth-order valence-corrected chi connectivity index (χ4v) is 3.90. The molecule has 148 valence electrons. The van der Waals surface area contributed by atoms with Crippen molar-refractivity contribution in [1.82, 2.24) is 9.88 Å². The van der Waals surface area contributed by atoms with Gasteiger partial charge in [0, 0.05) is 37.5 Å². The molecule has 0 radical (unpaired) electrons. The molecule has 7 nitrogen and oxygen atoms in total. The van der Waals surface area contributed by atoms with Crippen molar-refractivity contribution in [2.45, 2.75) is 12.8 Å². The van der Waals surface area contributed by atoms with E-state index in [-0.39, 0.29) is 27.3 Å². The normalized spacial score (nSPS) is 20.3. The molecular formula is C19H19F2N4O3-. The van der Waals surface area contributed by atoms with Gasteiger partial charge in [0.1, 0.15) is 22.7 Å². The van der Waals surface area contributed by atoms with Crippen LogP contribution in [0.25, 0.3) is 10.9 Å². The summed E-state index contributed by atoms with van der Waals surface area (Å²) in [6, 6.07) is 1.20. The maximum Gasteiger partial charge on any atom is 0.351 e. The summed E-state index contributed by atoms with van der Waals surface area (Å²) in [5.74, 6) is -3.36. The number of nitrogens with zero attached hydrogens (tertiary/aromatic N) is 4. The van der Waals surface area contributed by atoms with E-state index in [1.54, 1.807) is 11.8 Å². The van der Waals surface area contributed by atoms with E-state index in [4.69, 9.17) is 0 Å². The first-order valence-corrected chi connectivity index (χ1v) is 8.96. The number of aromatic nitrogens is 1. The number of hydrogen-bond acceptors (Lipinski definition) is 6. The average Bonchev–Trinajstić information content (AvgIpc) is 2.65. The fraction of sp³-hybridized carbons (Fsp3) is 0.368. The number of carboxylic acid groups (broad SMARTS) is 1. The topological polar surface area (TPSA) is 83.0 Å². The molecule has 4 rings (SSSR count). The summed E-state index contributed by atoms with van der Waals surface area (Å²) < 4.78 is 30.2. The molecule has 2 aromatic rings. The summed E-state index contributed by atoms with van der Waals surface area (Å²) in [7, 11) is 1.95. The van der Waals surface area contributed by atoms with Crippen molar-refractivity contribution in [3.63, 3.8) is 0 Å². The molecule has 1 atom stereocenters. The van der Waals surface area contributed by atoms with Crippen LogP contribution in [0.4, 0.5) is 20.2 Å². The van der Waals surface area contributed by atoms with Crippen LogP contribution in [0.3, 0.4) is 0 Å². The number of piperazine rings is 1. The predicted octanol–water partition coefficient (Wildman–Crippen LogP) is 2.65. The van der Waals surface area contributed by atoms with Crippen LogP contribution < -0.4 is 9.96 Å². The lowest BCUT2D eigenvalue weighted by atomic mass is 9.91. The number of carboxylic acids is 1. The van der Waals surface area contributed by atoms with Gasteiger partial charge in [0.2, 0.25) is 0 Å². The van der Waals surface area contributed by atoms with Crippen LogP contribution in [0.1, 0.15) is 18.4 Å². The molecule has 0 bridgehead atoms. The molecule has 2 aliphatic rings. The lowest BCUT2D eigenvalue weighted by Gasteiger charge is -2.38. The molecule has 0 saturated carbocycles. The first-order chi connectivity index (χ1) is 13.3. The van der Waals surface area contributed by atoms with Crippen molar-refractivity contribution in [3.8, 4) is 0 Å². The van der Waals surface area contributed by atoms with Crippen LogP contribution in [0.15, 0.2) is 24.0 Å². The van der Waals surface area contributed by atoms with E-state index in [0.717, 1.165) is 6.20 Å². The first kappa shape index (κ1) is 18.6. The predicted molar refractivity (Wildman–Crippen MR) is 101 cm³/mol. The Balaban J connectivity index is 1.87. The fourth-order valence-electron chi connectivity index (χ4n) is 3.90. The molecular weight excluding hydrogens is 370 g/mol. The monoisotopic (exact) mass is 389 g/mol. The lowest BCUT2D eigenvalue weighted by molar-refractivity contribution is -0.132. The molecule has 2 aliphatic heterocycles. The van der Waals surface area contributed by atoms with Crippen molar-refractivity contribution < 1.29 is 18.7 Å². The van der Waals surface area contributed by atoms with Gasteiger partial charge < -0.3 is 25.2 Å². The Hall–Kier alpha value is -2.78. The van der Waals surface area contributed by atoms with Gasteiger partial charge in [-0.15, -0.1) is 0 Å². The third-order valence-electron chi connectivity index (χ3n) is 5.39. The number of anilines is 2. The van der Waals surface area contributed by atoms with Gasteiger partial charge in [0.05, 0.1) is 11.9 Å². The number of aliphatic carboxylic acids is 1. The maximum atomic E-state index is 15.3. The van der Waals surface area contributed by atoms with Crippen molar-refractivity contribution >= 4 is 28.2 Å². The molecule has 9 heteroatoms. The van der Waals surface area contributed by atoms with Crippen molar-refractivity contribution in [2.24, 2.45) is 0 Å². The van der Waals surface area contributed by atoms with Gasteiger partial charge in [0.25, 0.3) is 0 Å². The highest BCUT2D eigenvalue weighted by Gasteiger charge is 2.29. The molecule has 1 unspecified atom stereocenters. The van der Waals surface area contributed by atoms with E-state index in [1.165, 1.54) is 12.1 Å². The molecule has 1 aromatic carbocycles. The number of fused-ring (bicyclic) bond motifs is 3. The second-order valence-corrected chi connectivity index (χ2v) is 7.20. The zero-order chi connectivity index (χ0) is 20.2. The molecule has 1 N–H and O–H groups in total. The highest BCUT2D eigenvalue weighted by atomic mass is 19.1. The quantitative estimate of drug-likeness (QED) is 0.845. The standard InChI is InChI=1S/C19H19F2N4O3/c1-10-7-13(19(26)27)25(28)14-9-22-17-11(15(10)14)8-12(20)18(16(17)21)24-5-3-23(2)4-6-24/h7-10H,3-6H2,1-2H3,(H,26,27)/q-1. The van der Waals surface area contributed by atoms with Crippen LogP contribution in [0.5, 0.6) is 0 Å². The minimum Gasteiger partial charge on any atom is -0.754 e. The molecule has 28 heavy (non-hydrogen) atoms. The summed E-state index contributed by atoms with van der Waals surface area (Å²) in [5.41, 5.74) is -0.214. The lowest BCUT2D eigenvalue weighted by Crippen LogP contribution is -2.45. The van der Waals surface area contributed by atoms with Crippen LogP contribution in [-0.4, -0.2) is 54.2 Å². The van der Waals surface area contributed by atoms with E-state index in [9.17, 15) is 19.5 Å². The molecule has 0 amide bonds. The number of benzene rings is 1. The van der Waals surface area contributed by atoms with E-state index >= 15 is 4.39 Å². The third-order valence-corrected chi connectivity index (χ3v) is 5.39. The van der Waals surface area contributed by atoms with Crippen LogP contribution in [0, 0.1) is 16.8 Å². The van der Waals surface area contributed by atoms with Crippen LogP contribution in [-0.2, 0) is 4.79 Å². The Morgan fingerprint density at radius 2 is 1.96 bits per heavy atom. The third kappa shape index (κ3) is 2.78. The molecule has 1 aromatic heterocycles. The Morgan fingerprint density at radius 1 is 1.29 bits per heavy atom. The number of hydrogen-bond donors (Lipinski definition) is 1. The van der Waals surface area contributed by atoms with Gasteiger partial charge in [-0.25, -0.2) is 13.6 Å². The Labute approximate surface area is 160 Å². The smallest absolute Gasteiger partial charge is 0.351 e. The van der Waals surface area contributed by atoms with Crippen molar-refractivity contribution in [3.05, 3.63) is 46.4 Å². The van der Waals surface area contributed by atoms with E-state index in [2.05, 4.69) is 9.88 Å². The second kappa shape index (κ2) is 6.68. The summed E-state index contributed by atoms with van der Waals surface area (Å²) in [4.78, 5) is 19.1. The molecule has 1 fully saturated rings. The Morgan fingerprint density at radius 3 is 2.61 bits per heavy atom. The van der Waals surface area contributed by atoms with Gasteiger partial charge in [-0.05, 0) is 24.8 Å². The Bertz CT molecular complexity index is 1000. The second-order valence-electron chi connectivity index (χ2n) is 7.20. The summed E-state index contributed by atoms with van der Waals surface area (Å²) in [6.45, 7) is 4.06. The molecule has 1 saturated heterocycles. The highest BCUT2D eigenvalue weighted by Crippen LogP contribution is 2.42. The van der Waals surface area contributed by atoms with E-state index in [0.29, 0.717) is 31.7 Å². The number of rotatable bonds is 2. The Kier molecular flexibility index (Phi) is 4.43. The summed E-state index contributed by atoms with van der Waals surface area (Å²) in [5, 5.41) is 22.0. The van der Waals surface area contributed by atoms with Crippen LogP contribution >= 0.6 is 0 Å². The van der Waals surface area contributed by atoms with E-state index < -0.39 is 29.2 Å². The van der Waals surface area contributed by atoms with Gasteiger partial charge in [-0.3, -0.25) is 4.98 Å². The average molecular weight is 389 g/mol. The largest absolute Gasteiger partial charge is 0.754 e. The number of pyridine rings is 1. The molecule has 0 spiro atoms.